The zero-order valence-electron chi connectivity index (χ0n) is 15.3. The molecule has 0 aliphatic heterocycles. The number of carbonyl (C=O) groups is 1. The molecule has 0 radical (unpaired) electrons. The van der Waals surface area contributed by atoms with Gasteiger partial charge in [-0.1, -0.05) is 6.07 Å². The first kappa shape index (κ1) is 18.3. The lowest BCUT2D eigenvalue weighted by molar-refractivity contribution is -0.124. The average Bonchev–Trinajstić information content (AvgIpc) is 3.22. The fourth-order valence-electron chi connectivity index (χ4n) is 2.32. The van der Waals surface area contributed by atoms with Crippen LogP contribution in [-0.2, 0) is 4.79 Å². The molecule has 0 bridgehead atoms. The lowest BCUT2D eigenvalue weighted by Gasteiger charge is -2.13. The van der Waals surface area contributed by atoms with Crippen LogP contribution in [0.3, 0.4) is 0 Å². The van der Waals surface area contributed by atoms with Crippen LogP contribution in [0.25, 0.3) is 0 Å². The Balaban J connectivity index is 1.41. The molecule has 9 heteroatoms. The molecule has 3 N–H and O–H groups in total. The zero-order chi connectivity index (χ0) is 19.1. The highest BCUT2D eigenvalue weighted by atomic mass is 16.2. The van der Waals surface area contributed by atoms with Crippen LogP contribution in [0.2, 0.25) is 0 Å². The molecule has 3 rings (SSSR count). The normalized spacial score (nSPS) is 11.6. The van der Waals surface area contributed by atoms with Gasteiger partial charge in [-0.15, -0.1) is 10.2 Å². The highest BCUT2D eigenvalue weighted by Gasteiger charge is 2.13. The van der Waals surface area contributed by atoms with Crippen molar-refractivity contribution in [2.24, 2.45) is 0 Å². The van der Waals surface area contributed by atoms with Gasteiger partial charge in [0.15, 0.2) is 5.82 Å². The predicted molar refractivity (Wildman–Crippen MR) is 103 cm³/mol. The number of nitrogens with zero attached hydrogens (tertiary/aromatic N) is 5. The SMILES string of the molecule is Cc1ccc(Nc2ccc(NCCNC(=O)C(C)n3cccn3)nn2)nc1. The molecule has 0 aliphatic rings. The summed E-state index contributed by atoms with van der Waals surface area (Å²) in [5.41, 5.74) is 1.09. The second kappa shape index (κ2) is 8.75. The number of aromatic nitrogens is 5. The first-order chi connectivity index (χ1) is 13.1. The van der Waals surface area contributed by atoms with Gasteiger partial charge >= 0.3 is 0 Å². The summed E-state index contributed by atoms with van der Waals surface area (Å²) in [4.78, 5) is 16.3. The standard InChI is InChI=1S/C18H22N8O/c1-13-4-5-15(21-12-13)23-17-7-6-16(24-25-17)19-9-10-20-18(27)14(2)26-11-3-8-22-26/h3-8,11-12,14H,9-10H2,1-2H3,(H,19,24)(H,20,27)(H,21,23,25). The Labute approximate surface area is 157 Å². The summed E-state index contributed by atoms with van der Waals surface area (Å²) in [5, 5.41) is 21.3. The van der Waals surface area contributed by atoms with Gasteiger partial charge < -0.3 is 16.0 Å². The van der Waals surface area contributed by atoms with Crippen LogP contribution in [0, 0.1) is 6.92 Å². The predicted octanol–water partition coefficient (Wildman–Crippen LogP) is 1.91. The molecule has 0 aromatic carbocycles. The van der Waals surface area contributed by atoms with Gasteiger partial charge in [0.1, 0.15) is 17.7 Å². The number of aryl methyl sites for hydroxylation is 1. The minimum absolute atomic E-state index is 0.0864. The third-order valence-corrected chi connectivity index (χ3v) is 3.86. The smallest absolute Gasteiger partial charge is 0.244 e. The topological polar surface area (TPSA) is 110 Å². The number of pyridine rings is 1. The molecular formula is C18H22N8O. The van der Waals surface area contributed by atoms with E-state index in [1.165, 1.54) is 0 Å². The van der Waals surface area contributed by atoms with E-state index in [0.717, 1.165) is 5.56 Å². The Hall–Kier alpha value is -3.49. The highest BCUT2D eigenvalue weighted by molar-refractivity contribution is 5.79. The molecule has 3 aromatic heterocycles. The molecule has 1 unspecified atom stereocenters. The summed E-state index contributed by atoms with van der Waals surface area (Å²) in [6.45, 7) is 4.80. The third kappa shape index (κ3) is 5.24. The van der Waals surface area contributed by atoms with Gasteiger partial charge in [0.25, 0.3) is 0 Å². The Bertz CT molecular complexity index is 846. The maximum Gasteiger partial charge on any atom is 0.244 e. The largest absolute Gasteiger partial charge is 0.367 e. The van der Waals surface area contributed by atoms with Crippen LogP contribution in [0.4, 0.5) is 17.5 Å². The van der Waals surface area contributed by atoms with E-state index in [1.807, 2.05) is 31.2 Å². The van der Waals surface area contributed by atoms with Crippen molar-refractivity contribution < 1.29 is 4.79 Å². The molecule has 3 heterocycles. The summed E-state index contributed by atoms with van der Waals surface area (Å²) in [7, 11) is 0. The Kier molecular flexibility index (Phi) is 5.93. The number of anilines is 3. The van der Waals surface area contributed by atoms with Gasteiger partial charge in [-0.05, 0) is 43.7 Å². The van der Waals surface area contributed by atoms with Crippen LogP contribution in [0.5, 0.6) is 0 Å². The lowest BCUT2D eigenvalue weighted by Crippen LogP contribution is -2.34. The Morgan fingerprint density at radius 2 is 1.89 bits per heavy atom. The maximum atomic E-state index is 12.1. The molecule has 140 valence electrons. The van der Waals surface area contributed by atoms with Crippen molar-refractivity contribution in [3.63, 3.8) is 0 Å². The molecule has 0 fully saturated rings. The summed E-state index contributed by atoms with van der Waals surface area (Å²) >= 11 is 0. The van der Waals surface area contributed by atoms with Gasteiger partial charge in [0.2, 0.25) is 5.91 Å². The van der Waals surface area contributed by atoms with Crippen molar-refractivity contribution in [1.82, 2.24) is 30.3 Å². The van der Waals surface area contributed by atoms with E-state index in [1.54, 1.807) is 36.3 Å². The molecule has 27 heavy (non-hydrogen) atoms. The van der Waals surface area contributed by atoms with E-state index in [4.69, 9.17) is 0 Å². The second-order valence-corrected chi connectivity index (χ2v) is 6.03. The minimum atomic E-state index is -0.347. The highest BCUT2D eigenvalue weighted by Crippen LogP contribution is 2.12. The van der Waals surface area contributed by atoms with Crippen molar-refractivity contribution >= 4 is 23.4 Å². The van der Waals surface area contributed by atoms with Gasteiger partial charge in [0, 0.05) is 31.7 Å². The van der Waals surface area contributed by atoms with Crippen LogP contribution >= 0.6 is 0 Å². The van der Waals surface area contributed by atoms with E-state index in [2.05, 4.69) is 36.2 Å². The van der Waals surface area contributed by atoms with Crippen molar-refractivity contribution in [1.29, 1.82) is 0 Å². The molecule has 9 nitrogen and oxygen atoms in total. The zero-order valence-corrected chi connectivity index (χ0v) is 15.3. The monoisotopic (exact) mass is 366 g/mol. The van der Waals surface area contributed by atoms with Crippen LogP contribution in [-0.4, -0.2) is 44.0 Å². The van der Waals surface area contributed by atoms with Crippen LogP contribution < -0.4 is 16.0 Å². The van der Waals surface area contributed by atoms with Gasteiger partial charge in [0.05, 0.1) is 0 Å². The van der Waals surface area contributed by atoms with Gasteiger partial charge in [-0.3, -0.25) is 9.48 Å². The molecular weight excluding hydrogens is 344 g/mol. The third-order valence-electron chi connectivity index (χ3n) is 3.86. The fraction of sp³-hybridized carbons (Fsp3) is 0.278. The summed E-state index contributed by atoms with van der Waals surface area (Å²) in [5.74, 6) is 1.87. The second-order valence-electron chi connectivity index (χ2n) is 6.03. The maximum absolute atomic E-state index is 12.1. The van der Waals surface area contributed by atoms with Crippen molar-refractivity contribution in [2.45, 2.75) is 19.9 Å². The fourth-order valence-corrected chi connectivity index (χ4v) is 2.32. The number of rotatable bonds is 8. The Morgan fingerprint density at radius 3 is 2.56 bits per heavy atom. The first-order valence-electron chi connectivity index (χ1n) is 8.66. The molecule has 3 aromatic rings. The molecule has 0 aliphatic carbocycles. The number of hydrogen-bond donors (Lipinski definition) is 3. The lowest BCUT2D eigenvalue weighted by atomic mass is 10.3. The van der Waals surface area contributed by atoms with Crippen LogP contribution in [0.15, 0.2) is 48.9 Å². The average molecular weight is 366 g/mol. The molecule has 1 atom stereocenters. The number of amides is 1. The molecule has 0 saturated heterocycles. The summed E-state index contributed by atoms with van der Waals surface area (Å²) in [6, 6.07) is 8.93. The molecule has 1 amide bonds. The van der Waals surface area contributed by atoms with Crippen molar-refractivity contribution in [3.05, 3.63) is 54.5 Å². The Morgan fingerprint density at radius 1 is 1.11 bits per heavy atom. The van der Waals surface area contributed by atoms with E-state index in [-0.39, 0.29) is 11.9 Å². The number of hydrogen-bond acceptors (Lipinski definition) is 7. The van der Waals surface area contributed by atoms with Gasteiger partial charge in [-0.25, -0.2) is 4.98 Å². The minimum Gasteiger partial charge on any atom is -0.367 e. The summed E-state index contributed by atoms with van der Waals surface area (Å²) < 4.78 is 1.61. The number of carbonyl (C=O) groups excluding carboxylic acids is 1. The van der Waals surface area contributed by atoms with Crippen molar-refractivity contribution in [2.75, 3.05) is 23.7 Å². The van der Waals surface area contributed by atoms with Gasteiger partial charge in [-0.2, -0.15) is 5.10 Å². The van der Waals surface area contributed by atoms with E-state index in [0.29, 0.717) is 30.5 Å². The van der Waals surface area contributed by atoms with E-state index < -0.39 is 0 Å². The quantitative estimate of drug-likeness (QED) is 0.522. The van der Waals surface area contributed by atoms with Crippen molar-refractivity contribution in [3.8, 4) is 0 Å². The van der Waals surface area contributed by atoms with Crippen LogP contribution in [0.1, 0.15) is 18.5 Å². The molecule has 0 spiro atoms. The van der Waals surface area contributed by atoms with E-state index in [9.17, 15) is 4.79 Å². The molecule has 0 saturated carbocycles. The summed E-state index contributed by atoms with van der Waals surface area (Å²) in [6.07, 6.45) is 5.20. The first-order valence-corrected chi connectivity index (χ1v) is 8.66. The number of nitrogens with one attached hydrogen (secondary N) is 3. The van der Waals surface area contributed by atoms with E-state index >= 15 is 0 Å².